The first-order valence-corrected chi connectivity index (χ1v) is 17.2. The van der Waals surface area contributed by atoms with Crippen LogP contribution in [0.25, 0.3) is 0 Å². The van der Waals surface area contributed by atoms with Gasteiger partial charge in [-0.25, -0.2) is 0 Å². The summed E-state index contributed by atoms with van der Waals surface area (Å²) in [6.07, 6.45) is 2.65. The summed E-state index contributed by atoms with van der Waals surface area (Å²) in [6, 6.07) is 27.9. The number of Topliss-reactive ketones (excluding diaryl/α,β-unsaturated/α-hetero) is 1. The van der Waals surface area contributed by atoms with Crippen molar-refractivity contribution in [2.24, 2.45) is 5.41 Å². The summed E-state index contributed by atoms with van der Waals surface area (Å²) in [6.45, 7) is 5.58. The van der Waals surface area contributed by atoms with Crippen molar-refractivity contribution in [1.29, 1.82) is 0 Å². The number of fused-ring (bicyclic) bond motifs is 1. The zero-order valence-corrected chi connectivity index (χ0v) is 29.7. The predicted molar refractivity (Wildman–Crippen MR) is 194 cm³/mol. The Kier molecular flexibility index (Phi) is 12.3. The van der Waals surface area contributed by atoms with Crippen molar-refractivity contribution in [1.82, 2.24) is 0 Å². The van der Waals surface area contributed by atoms with Crippen molar-refractivity contribution in [2.45, 2.75) is 65.4 Å². The first-order chi connectivity index (χ1) is 24.5. The number of hydrogen-bond donors (Lipinski definition) is 1. The molecule has 0 radical (unpaired) electrons. The molecule has 0 bridgehead atoms. The van der Waals surface area contributed by atoms with Crippen LogP contribution in [-0.2, 0) is 49.7 Å². The Morgan fingerprint density at radius 3 is 2.25 bits per heavy atom. The van der Waals surface area contributed by atoms with Gasteiger partial charge < -0.3 is 24.3 Å². The van der Waals surface area contributed by atoms with Crippen LogP contribution >= 0.6 is 0 Å². The van der Waals surface area contributed by atoms with Crippen LogP contribution < -0.4 is 14.8 Å². The second-order valence-corrected chi connectivity index (χ2v) is 13.7. The lowest BCUT2D eigenvalue weighted by atomic mass is 9.79. The first-order valence-electron chi connectivity index (χ1n) is 17.2. The quantitative estimate of drug-likeness (QED) is 0.0818. The highest BCUT2D eigenvalue weighted by Gasteiger charge is 2.26. The summed E-state index contributed by atoms with van der Waals surface area (Å²) in [5.74, 6) is 0.168. The average Bonchev–Trinajstić information content (AvgIpc) is 3.13. The number of rotatable bonds is 14. The number of esters is 3. The minimum atomic E-state index is -0.583. The second kappa shape index (κ2) is 17.0. The molecule has 0 amide bonds. The molecule has 1 aliphatic rings. The summed E-state index contributed by atoms with van der Waals surface area (Å²) >= 11 is 0. The van der Waals surface area contributed by atoms with E-state index in [4.69, 9.17) is 18.9 Å². The molecule has 0 saturated carbocycles. The van der Waals surface area contributed by atoms with E-state index in [-0.39, 0.29) is 56.2 Å². The van der Waals surface area contributed by atoms with Crippen molar-refractivity contribution >= 4 is 29.4 Å². The maximum absolute atomic E-state index is 12.7. The third kappa shape index (κ3) is 10.5. The third-order valence-corrected chi connectivity index (χ3v) is 8.81. The minimum absolute atomic E-state index is 0.0349. The molecule has 4 aromatic rings. The number of benzene rings is 4. The molecule has 1 aliphatic carbocycles. The van der Waals surface area contributed by atoms with E-state index in [0.29, 0.717) is 17.1 Å². The van der Waals surface area contributed by atoms with E-state index in [1.807, 2.05) is 87.5 Å². The van der Waals surface area contributed by atoms with Gasteiger partial charge in [0.2, 0.25) is 0 Å². The third-order valence-electron chi connectivity index (χ3n) is 8.81. The summed E-state index contributed by atoms with van der Waals surface area (Å²) in [7, 11) is 1.60. The lowest BCUT2D eigenvalue weighted by Crippen LogP contribution is -2.25. The minimum Gasteiger partial charge on any atom is -0.497 e. The molecule has 0 aromatic heterocycles. The van der Waals surface area contributed by atoms with E-state index in [1.165, 1.54) is 11.1 Å². The molecule has 0 heterocycles. The van der Waals surface area contributed by atoms with Crippen molar-refractivity contribution in [2.75, 3.05) is 25.6 Å². The Morgan fingerprint density at radius 2 is 1.53 bits per heavy atom. The van der Waals surface area contributed by atoms with Gasteiger partial charge in [-0.1, -0.05) is 66.7 Å². The fraction of sp³-hybridized carbons (Fsp3) is 0.333. The number of hydrogen-bond acceptors (Lipinski definition) is 9. The number of aryl methyl sites for hydroxylation is 1. The van der Waals surface area contributed by atoms with Crippen molar-refractivity contribution < 1.29 is 38.1 Å². The van der Waals surface area contributed by atoms with Crippen LogP contribution in [0.2, 0.25) is 0 Å². The lowest BCUT2D eigenvalue weighted by molar-refractivity contribution is -0.144. The first kappa shape index (κ1) is 36.8. The van der Waals surface area contributed by atoms with Gasteiger partial charge in [-0.2, -0.15) is 0 Å². The van der Waals surface area contributed by atoms with Gasteiger partial charge in [0, 0.05) is 23.7 Å². The van der Waals surface area contributed by atoms with E-state index in [1.54, 1.807) is 31.4 Å². The standard InChI is InChI=1S/C42H45NO8/c1-42(2,3)41(47)51-35-17-16-31-23-33(15-14-32(31)24-35)36-19-18-34(48-4)25-37(36)43-26-40(46)49-21-20-38(44)30-12-10-28(11-13-30)22-39(45)50-27-29-8-6-5-7-9-29/h5-13,16-19,24-25,33,43H,14-15,20-23,26-27H2,1-4H3/t33-/m1/s1. The molecule has 1 N–H and O–H groups in total. The fourth-order valence-corrected chi connectivity index (χ4v) is 5.88. The summed E-state index contributed by atoms with van der Waals surface area (Å²) < 4.78 is 21.8. The molecule has 0 fully saturated rings. The zero-order chi connectivity index (χ0) is 36.4. The van der Waals surface area contributed by atoms with Gasteiger partial charge in [0.05, 0.1) is 25.6 Å². The molecule has 266 valence electrons. The summed E-state index contributed by atoms with van der Waals surface area (Å²) in [4.78, 5) is 50.0. The van der Waals surface area contributed by atoms with Gasteiger partial charge >= 0.3 is 17.9 Å². The Morgan fingerprint density at radius 1 is 0.784 bits per heavy atom. The number of carbonyl (C=O) groups is 4. The number of anilines is 1. The molecule has 0 aliphatic heterocycles. The largest absolute Gasteiger partial charge is 0.497 e. The highest BCUT2D eigenvalue weighted by Crippen LogP contribution is 2.38. The van der Waals surface area contributed by atoms with E-state index in [9.17, 15) is 19.2 Å². The molecule has 0 unspecified atom stereocenters. The number of methoxy groups -OCH3 is 1. The molecule has 5 rings (SSSR count). The Bertz CT molecular complexity index is 1840. The van der Waals surface area contributed by atoms with Crippen molar-refractivity contribution in [3.63, 3.8) is 0 Å². The summed E-state index contributed by atoms with van der Waals surface area (Å²) in [5, 5.41) is 3.23. The van der Waals surface area contributed by atoms with E-state index in [0.717, 1.165) is 41.6 Å². The maximum Gasteiger partial charge on any atom is 0.325 e. The van der Waals surface area contributed by atoms with Gasteiger partial charge in [-0.15, -0.1) is 0 Å². The van der Waals surface area contributed by atoms with Crippen molar-refractivity contribution in [3.8, 4) is 11.5 Å². The van der Waals surface area contributed by atoms with Gasteiger partial charge in [0.1, 0.15) is 24.7 Å². The molecular formula is C42H45NO8. The van der Waals surface area contributed by atoms with Crippen LogP contribution in [0.5, 0.6) is 11.5 Å². The zero-order valence-electron chi connectivity index (χ0n) is 29.7. The normalized spacial score (nSPS) is 13.8. The Balaban J connectivity index is 1.09. The lowest BCUT2D eigenvalue weighted by Gasteiger charge is -2.27. The molecule has 4 aromatic carbocycles. The Hall–Kier alpha value is -5.44. The molecule has 9 heteroatoms. The Labute approximate surface area is 299 Å². The number of carbonyl (C=O) groups excluding carboxylic acids is 4. The van der Waals surface area contributed by atoms with Crippen LogP contribution in [-0.4, -0.2) is 44.0 Å². The highest BCUT2D eigenvalue weighted by molar-refractivity contribution is 5.96. The van der Waals surface area contributed by atoms with E-state index >= 15 is 0 Å². The smallest absolute Gasteiger partial charge is 0.325 e. The van der Waals surface area contributed by atoms with Gasteiger partial charge in [0.15, 0.2) is 5.78 Å². The molecule has 1 atom stereocenters. The van der Waals surface area contributed by atoms with Crippen LogP contribution in [0.1, 0.15) is 77.7 Å². The fourth-order valence-electron chi connectivity index (χ4n) is 5.88. The monoisotopic (exact) mass is 691 g/mol. The molecule has 0 spiro atoms. The van der Waals surface area contributed by atoms with Gasteiger partial charge in [0.25, 0.3) is 0 Å². The topological polar surface area (TPSA) is 117 Å². The molecule has 0 saturated heterocycles. The SMILES string of the molecule is COc1ccc([C@@H]2CCc3cc(OC(=O)C(C)(C)C)ccc3C2)c(NCC(=O)OCCC(=O)c2ccc(CC(=O)OCc3ccccc3)cc2)c1. The number of ketones is 1. The summed E-state index contributed by atoms with van der Waals surface area (Å²) in [5.41, 5.74) is 5.77. The van der Waals surface area contributed by atoms with Crippen molar-refractivity contribution in [3.05, 3.63) is 124 Å². The number of nitrogens with one attached hydrogen (secondary N) is 1. The van der Waals surface area contributed by atoms with E-state index in [2.05, 4.69) is 5.32 Å². The average molecular weight is 692 g/mol. The van der Waals surface area contributed by atoms with Gasteiger partial charge in [-0.3, -0.25) is 19.2 Å². The van der Waals surface area contributed by atoms with Crippen LogP contribution in [0.15, 0.2) is 91.0 Å². The van der Waals surface area contributed by atoms with Gasteiger partial charge in [-0.05, 0) is 92.0 Å². The van der Waals surface area contributed by atoms with Crippen LogP contribution in [0.3, 0.4) is 0 Å². The van der Waals surface area contributed by atoms with Crippen LogP contribution in [0, 0.1) is 5.41 Å². The number of ether oxygens (including phenoxy) is 4. The van der Waals surface area contributed by atoms with Crippen LogP contribution in [0.4, 0.5) is 5.69 Å². The molecule has 9 nitrogen and oxygen atoms in total. The van der Waals surface area contributed by atoms with E-state index < -0.39 is 11.4 Å². The predicted octanol–water partition coefficient (Wildman–Crippen LogP) is 7.43. The molecular weight excluding hydrogens is 646 g/mol. The second-order valence-electron chi connectivity index (χ2n) is 13.7. The maximum atomic E-state index is 12.7. The highest BCUT2D eigenvalue weighted by atomic mass is 16.5. The molecule has 51 heavy (non-hydrogen) atoms.